The normalized spacial score (nSPS) is 10.2. The van der Waals surface area contributed by atoms with Gasteiger partial charge in [-0.15, -0.1) is 0 Å². The largest absolute Gasteiger partial charge is 0.423 e. The van der Waals surface area contributed by atoms with Gasteiger partial charge in [0.2, 0.25) is 0 Å². The lowest BCUT2D eigenvalue weighted by molar-refractivity contribution is 0.0734. The van der Waals surface area contributed by atoms with E-state index in [0.717, 1.165) is 11.6 Å². The first kappa shape index (κ1) is 14.9. The second-order valence-corrected chi connectivity index (χ2v) is 4.29. The predicted molar refractivity (Wildman–Crippen MR) is 77.7 cm³/mol. The zero-order valence-electron chi connectivity index (χ0n) is 11.5. The molecule has 2 aromatic carbocycles. The number of methoxy groups -OCH3 is 1. The maximum absolute atomic E-state index is 13.5. The minimum absolute atomic E-state index is 0.110. The lowest BCUT2D eigenvalue weighted by Gasteiger charge is -2.06. The molecule has 0 radical (unpaired) electrons. The van der Waals surface area contributed by atoms with Crippen molar-refractivity contribution in [3.05, 3.63) is 59.4 Å². The Labute approximate surface area is 121 Å². The Balaban J connectivity index is 2.10. The summed E-state index contributed by atoms with van der Waals surface area (Å²) >= 11 is 0. The first-order valence-corrected chi connectivity index (χ1v) is 6.20. The minimum atomic E-state index is -0.592. The van der Waals surface area contributed by atoms with E-state index < -0.39 is 11.8 Å². The molecule has 0 spiro atoms. The van der Waals surface area contributed by atoms with Crippen molar-refractivity contribution in [1.82, 2.24) is 0 Å². The Hall–Kier alpha value is -2.53. The maximum atomic E-state index is 13.5. The first-order chi connectivity index (χ1) is 10.1. The molecule has 5 heteroatoms. The predicted octanol–water partition coefficient (Wildman–Crippen LogP) is 3.52. The van der Waals surface area contributed by atoms with E-state index in [1.807, 2.05) is 0 Å². The fourth-order valence-electron chi connectivity index (χ4n) is 1.75. The SMILES string of the molecule is C=Nc1ccc(OC(=O)c2ccc(COC)cc2)cc1F. The van der Waals surface area contributed by atoms with Crippen molar-refractivity contribution in [1.29, 1.82) is 0 Å². The molecule has 0 bridgehead atoms. The Morgan fingerprint density at radius 2 is 1.95 bits per heavy atom. The molecule has 0 aliphatic rings. The molecule has 0 atom stereocenters. The summed E-state index contributed by atoms with van der Waals surface area (Å²) in [5.41, 5.74) is 1.43. The topological polar surface area (TPSA) is 47.9 Å². The van der Waals surface area contributed by atoms with E-state index in [1.54, 1.807) is 31.4 Å². The lowest BCUT2D eigenvalue weighted by Crippen LogP contribution is -2.08. The van der Waals surface area contributed by atoms with Gasteiger partial charge in [0.25, 0.3) is 0 Å². The van der Waals surface area contributed by atoms with Crippen LogP contribution >= 0.6 is 0 Å². The summed E-state index contributed by atoms with van der Waals surface area (Å²) in [6.45, 7) is 3.71. The van der Waals surface area contributed by atoms with Crippen LogP contribution in [0.15, 0.2) is 47.5 Å². The number of carbonyl (C=O) groups is 1. The Bertz CT molecular complexity index is 653. The van der Waals surface area contributed by atoms with Crippen LogP contribution < -0.4 is 4.74 Å². The fourth-order valence-corrected chi connectivity index (χ4v) is 1.75. The molecule has 21 heavy (non-hydrogen) atoms. The summed E-state index contributed by atoms with van der Waals surface area (Å²) < 4.78 is 23.6. The summed E-state index contributed by atoms with van der Waals surface area (Å²) in [4.78, 5) is 15.4. The van der Waals surface area contributed by atoms with Gasteiger partial charge >= 0.3 is 5.97 Å². The second kappa shape index (κ2) is 6.76. The van der Waals surface area contributed by atoms with E-state index in [9.17, 15) is 9.18 Å². The number of aliphatic imine (C=N–C) groups is 1. The number of nitrogens with zero attached hydrogens (tertiary/aromatic N) is 1. The molecule has 0 aliphatic heterocycles. The third kappa shape index (κ3) is 3.73. The third-order valence-electron chi connectivity index (χ3n) is 2.80. The van der Waals surface area contributed by atoms with Gasteiger partial charge in [-0.05, 0) is 36.5 Å². The van der Waals surface area contributed by atoms with Gasteiger partial charge in [0, 0.05) is 13.2 Å². The van der Waals surface area contributed by atoms with Gasteiger partial charge in [0.05, 0.1) is 17.9 Å². The number of esters is 1. The number of rotatable bonds is 5. The average molecular weight is 287 g/mol. The molecule has 0 N–H and O–H groups in total. The van der Waals surface area contributed by atoms with Crippen molar-refractivity contribution >= 4 is 18.4 Å². The smallest absolute Gasteiger partial charge is 0.343 e. The van der Waals surface area contributed by atoms with Crippen LogP contribution in [0.3, 0.4) is 0 Å². The van der Waals surface area contributed by atoms with Crippen LogP contribution in [0.25, 0.3) is 0 Å². The summed E-state index contributed by atoms with van der Waals surface area (Å²) in [6, 6.07) is 10.8. The number of carbonyl (C=O) groups excluding carboxylic acids is 1. The monoisotopic (exact) mass is 287 g/mol. The average Bonchev–Trinajstić information content (AvgIpc) is 2.48. The van der Waals surface area contributed by atoms with E-state index in [-0.39, 0.29) is 11.4 Å². The van der Waals surface area contributed by atoms with Crippen molar-refractivity contribution in [3.8, 4) is 5.75 Å². The molecule has 0 unspecified atom stereocenters. The third-order valence-corrected chi connectivity index (χ3v) is 2.80. The second-order valence-electron chi connectivity index (χ2n) is 4.29. The molecule has 0 saturated carbocycles. The molecule has 4 nitrogen and oxygen atoms in total. The molecule has 0 fully saturated rings. The number of hydrogen-bond acceptors (Lipinski definition) is 4. The van der Waals surface area contributed by atoms with E-state index in [0.29, 0.717) is 12.2 Å². The molecule has 0 saturated heterocycles. The zero-order chi connectivity index (χ0) is 15.2. The first-order valence-electron chi connectivity index (χ1n) is 6.20. The van der Waals surface area contributed by atoms with Crippen LogP contribution in [0.1, 0.15) is 15.9 Å². The van der Waals surface area contributed by atoms with E-state index >= 15 is 0 Å². The highest BCUT2D eigenvalue weighted by molar-refractivity contribution is 5.91. The lowest BCUT2D eigenvalue weighted by atomic mass is 10.1. The molecule has 0 aromatic heterocycles. The molecular formula is C16H14FNO3. The Morgan fingerprint density at radius 3 is 2.52 bits per heavy atom. The van der Waals surface area contributed by atoms with Crippen LogP contribution in [0.2, 0.25) is 0 Å². The van der Waals surface area contributed by atoms with Crippen LogP contribution in [-0.2, 0) is 11.3 Å². The standard InChI is InChI=1S/C16H14FNO3/c1-18-15-8-7-13(9-14(15)17)21-16(19)12-5-3-11(4-6-12)10-20-2/h3-9H,1,10H2,2H3. The number of halogens is 1. The van der Waals surface area contributed by atoms with Crippen molar-refractivity contribution in [2.75, 3.05) is 7.11 Å². The Kier molecular flexibility index (Phi) is 4.79. The highest BCUT2D eigenvalue weighted by atomic mass is 19.1. The fraction of sp³-hybridized carbons (Fsp3) is 0.125. The van der Waals surface area contributed by atoms with Gasteiger partial charge in [-0.1, -0.05) is 12.1 Å². The minimum Gasteiger partial charge on any atom is -0.423 e. The zero-order valence-corrected chi connectivity index (χ0v) is 11.5. The summed E-state index contributed by atoms with van der Waals surface area (Å²) in [5.74, 6) is -1.03. The van der Waals surface area contributed by atoms with E-state index in [1.165, 1.54) is 12.1 Å². The van der Waals surface area contributed by atoms with Crippen LogP contribution in [-0.4, -0.2) is 19.8 Å². The van der Waals surface area contributed by atoms with Gasteiger partial charge in [0.15, 0.2) is 5.82 Å². The molecular weight excluding hydrogens is 273 g/mol. The molecule has 0 aliphatic carbocycles. The van der Waals surface area contributed by atoms with Crippen LogP contribution in [0, 0.1) is 5.82 Å². The number of benzene rings is 2. The van der Waals surface area contributed by atoms with Crippen molar-refractivity contribution in [3.63, 3.8) is 0 Å². The van der Waals surface area contributed by atoms with Gasteiger partial charge in [-0.3, -0.25) is 4.99 Å². The molecule has 2 aromatic rings. The van der Waals surface area contributed by atoms with Crippen LogP contribution in [0.4, 0.5) is 10.1 Å². The maximum Gasteiger partial charge on any atom is 0.343 e. The van der Waals surface area contributed by atoms with Gasteiger partial charge in [0.1, 0.15) is 5.75 Å². The highest BCUT2D eigenvalue weighted by Gasteiger charge is 2.10. The van der Waals surface area contributed by atoms with Crippen molar-refractivity contribution in [2.45, 2.75) is 6.61 Å². The van der Waals surface area contributed by atoms with Gasteiger partial charge in [-0.2, -0.15) is 0 Å². The highest BCUT2D eigenvalue weighted by Crippen LogP contribution is 2.23. The van der Waals surface area contributed by atoms with E-state index in [4.69, 9.17) is 9.47 Å². The quantitative estimate of drug-likeness (QED) is 0.480. The van der Waals surface area contributed by atoms with Crippen molar-refractivity contribution < 1.29 is 18.7 Å². The Morgan fingerprint density at radius 1 is 1.24 bits per heavy atom. The van der Waals surface area contributed by atoms with E-state index in [2.05, 4.69) is 11.7 Å². The van der Waals surface area contributed by atoms with Crippen molar-refractivity contribution in [2.24, 2.45) is 4.99 Å². The number of ether oxygens (including phenoxy) is 2. The number of hydrogen-bond donors (Lipinski definition) is 0. The summed E-state index contributed by atoms with van der Waals surface area (Å²) in [6.07, 6.45) is 0. The summed E-state index contributed by atoms with van der Waals surface area (Å²) in [5, 5.41) is 0. The van der Waals surface area contributed by atoms with Crippen LogP contribution in [0.5, 0.6) is 5.75 Å². The summed E-state index contributed by atoms with van der Waals surface area (Å²) in [7, 11) is 1.60. The molecule has 2 rings (SSSR count). The molecule has 0 heterocycles. The molecule has 108 valence electrons. The molecule has 0 amide bonds. The van der Waals surface area contributed by atoms with Gasteiger partial charge in [-0.25, -0.2) is 9.18 Å². The van der Waals surface area contributed by atoms with Gasteiger partial charge < -0.3 is 9.47 Å².